The summed E-state index contributed by atoms with van der Waals surface area (Å²) in [4.78, 5) is 34.7. The molecular formula is C13H13NO6. The summed E-state index contributed by atoms with van der Waals surface area (Å²) < 4.78 is 14.6. The monoisotopic (exact) mass is 279 g/mol. The Morgan fingerprint density at radius 3 is 2.60 bits per heavy atom. The summed E-state index contributed by atoms with van der Waals surface area (Å²) in [5.74, 6) is -1.29. The molecule has 0 aromatic heterocycles. The van der Waals surface area contributed by atoms with Gasteiger partial charge in [0.15, 0.2) is 6.04 Å². The van der Waals surface area contributed by atoms with Crippen molar-refractivity contribution in [3.63, 3.8) is 0 Å². The quantitative estimate of drug-likeness (QED) is 0.642. The highest BCUT2D eigenvalue weighted by molar-refractivity contribution is 5.94. The number of benzene rings is 1. The lowest BCUT2D eigenvalue weighted by molar-refractivity contribution is -0.153. The van der Waals surface area contributed by atoms with Gasteiger partial charge in [0.05, 0.1) is 6.61 Å². The van der Waals surface area contributed by atoms with Crippen LogP contribution in [0.15, 0.2) is 30.3 Å². The van der Waals surface area contributed by atoms with Crippen molar-refractivity contribution in [3.8, 4) is 5.75 Å². The first-order chi connectivity index (χ1) is 9.61. The molecule has 0 aliphatic carbocycles. The molecule has 0 bridgehead atoms. The van der Waals surface area contributed by atoms with Gasteiger partial charge in [0, 0.05) is 0 Å². The number of para-hydroxylation sites is 1. The largest absolute Gasteiger partial charge is 0.464 e. The van der Waals surface area contributed by atoms with Crippen molar-refractivity contribution in [1.82, 2.24) is 5.32 Å². The Kier molecular flexibility index (Phi) is 4.19. The summed E-state index contributed by atoms with van der Waals surface area (Å²) in [5, 5.41) is 2.22. The molecule has 7 nitrogen and oxygen atoms in total. The third-order valence-electron chi connectivity index (χ3n) is 2.54. The third kappa shape index (κ3) is 3.05. The lowest BCUT2D eigenvalue weighted by Gasteiger charge is -2.14. The van der Waals surface area contributed by atoms with Crippen LogP contribution >= 0.6 is 0 Å². The Morgan fingerprint density at radius 1 is 1.25 bits per heavy atom. The van der Waals surface area contributed by atoms with E-state index >= 15 is 0 Å². The van der Waals surface area contributed by atoms with Crippen molar-refractivity contribution >= 4 is 18.0 Å². The number of amides is 1. The van der Waals surface area contributed by atoms with E-state index in [-0.39, 0.29) is 6.61 Å². The first-order valence-corrected chi connectivity index (χ1v) is 6.02. The number of ether oxygens (including phenoxy) is 3. The molecule has 1 aromatic carbocycles. The van der Waals surface area contributed by atoms with E-state index in [1.807, 2.05) is 0 Å². The Balaban J connectivity index is 2.07. The number of rotatable bonds is 4. The number of hydrogen-bond donors (Lipinski definition) is 1. The Morgan fingerprint density at radius 2 is 1.95 bits per heavy atom. The van der Waals surface area contributed by atoms with Crippen LogP contribution in [0.1, 0.15) is 6.92 Å². The summed E-state index contributed by atoms with van der Waals surface area (Å²) in [6.45, 7) is 1.75. The molecule has 7 heteroatoms. The first kappa shape index (κ1) is 13.9. The summed E-state index contributed by atoms with van der Waals surface area (Å²) in [6.07, 6.45) is -2.22. The molecule has 1 heterocycles. The molecule has 2 atom stereocenters. The van der Waals surface area contributed by atoms with Crippen LogP contribution < -0.4 is 10.1 Å². The van der Waals surface area contributed by atoms with Crippen LogP contribution in [0.2, 0.25) is 0 Å². The van der Waals surface area contributed by atoms with E-state index in [1.165, 1.54) is 0 Å². The maximum absolute atomic E-state index is 11.9. The van der Waals surface area contributed by atoms with Crippen molar-refractivity contribution in [3.05, 3.63) is 30.3 Å². The lowest BCUT2D eigenvalue weighted by Crippen LogP contribution is -2.45. The van der Waals surface area contributed by atoms with E-state index in [0.717, 1.165) is 0 Å². The van der Waals surface area contributed by atoms with Crippen molar-refractivity contribution in [2.24, 2.45) is 0 Å². The third-order valence-corrected chi connectivity index (χ3v) is 2.54. The van der Waals surface area contributed by atoms with E-state index in [9.17, 15) is 14.4 Å². The highest BCUT2D eigenvalue weighted by Gasteiger charge is 2.46. The van der Waals surface area contributed by atoms with Gasteiger partial charge in [0.2, 0.25) is 6.10 Å². The lowest BCUT2D eigenvalue weighted by atomic mass is 10.2. The highest BCUT2D eigenvalue weighted by Crippen LogP contribution is 2.16. The molecule has 0 unspecified atom stereocenters. The smallest absolute Gasteiger partial charge is 0.408 e. The van der Waals surface area contributed by atoms with Crippen LogP contribution in [0.4, 0.5) is 4.79 Å². The molecule has 20 heavy (non-hydrogen) atoms. The number of carbonyl (C=O) groups excluding carboxylic acids is 3. The summed E-state index contributed by atoms with van der Waals surface area (Å²) in [7, 11) is 0. The Bertz CT molecular complexity index is 515. The van der Waals surface area contributed by atoms with Crippen LogP contribution in [0.3, 0.4) is 0 Å². The first-order valence-electron chi connectivity index (χ1n) is 6.02. The van der Waals surface area contributed by atoms with Gasteiger partial charge in [-0.1, -0.05) is 18.2 Å². The average Bonchev–Trinajstić information content (AvgIpc) is 2.82. The zero-order valence-corrected chi connectivity index (χ0v) is 10.7. The molecular weight excluding hydrogens is 266 g/mol. The maximum atomic E-state index is 11.9. The Hall–Kier alpha value is -2.57. The molecule has 1 saturated heterocycles. The van der Waals surface area contributed by atoms with Gasteiger partial charge in [-0.2, -0.15) is 0 Å². The van der Waals surface area contributed by atoms with Crippen LogP contribution in [0, 0.1) is 0 Å². The second-order valence-electron chi connectivity index (χ2n) is 3.93. The zero-order chi connectivity index (χ0) is 14.5. The molecule has 1 aliphatic rings. The number of nitrogens with one attached hydrogen (secondary N) is 1. The summed E-state index contributed by atoms with van der Waals surface area (Å²) in [5.41, 5.74) is 0. The van der Waals surface area contributed by atoms with Gasteiger partial charge in [-0.25, -0.2) is 14.4 Å². The topological polar surface area (TPSA) is 90.9 Å². The minimum atomic E-state index is -1.36. The van der Waals surface area contributed by atoms with Crippen LogP contribution in [0.5, 0.6) is 5.75 Å². The number of hydrogen-bond acceptors (Lipinski definition) is 6. The maximum Gasteiger partial charge on any atom is 0.408 e. The minimum Gasteiger partial charge on any atom is -0.464 e. The fraction of sp³-hybridized carbons (Fsp3) is 0.308. The van der Waals surface area contributed by atoms with Crippen molar-refractivity contribution in [2.45, 2.75) is 19.1 Å². The van der Waals surface area contributed by atoms with Crippen molar-refractivity contribution in [2.75, 3.05) is 6.61 Å². The fourth-order valence-corrected chi connectivity index (χ4v) is 1.68. The SMILES string of the molecule is CCOC(=O)[C@@H]1NC(=O)O[C@H]1C(=O)Oc1ccccc1. The van der Waals surface area contributed by atoms with E-state index in [4.69, 9.17) is 14.2 Å². The minimum absolute atomic E-state index is 0.131. The van der Waals surface area contributed by atoms with Crippen LogP contribution in [-0.2, 0) is 19.1 Å². The predicted octanol–water partition coefficient (Wildman–Crippen LogP) is 0.632. The van der Waals surface area contributed by atoms with Crippen LogP contribution in [0.25, 0.3) is 0 Å². The van der Waals surface area contributed by atoms with E-state index in [2.05, 4.69) is 5.32 Å². The number of cyclic esters (lactones) is 1. The normalized spacial score (nSPS) is 20.8. The van der Waals surface area contributed by atoms with E-state index < -0.39 is 30.2 Å². The molecule has 1 amide bonds. The predicted molar refractivity (Wildman–Crippen MR) is 65.9 cm³/mol. The van der Waals surface area contributed by atoms with Crippen LogP contribution in [-0.4, -0.2) is 36.8 Å². The second kappa shape index (κ2) is 6.05. The Labute approximate surface area is 114 Å². The molecule has 0 radical (unpaired) electrons. The zero-order valence-electron chi connectivity index (χ0n) is 10.7. The van der Waals surface area contributed by atoms with Gasteiger partial charge in [0.25, 0.3) is 0 Å². The molecule has 1 N–H and O–H groups in total. The average molecular weight is 279 g/mol. The van der Waals surface area contributed by atoms with Gasteiger partial charge in [-0.15, -0.1) is 0 Å². The fourth-order valence-electron chi connectivity index (χ4n) is 1.68. The number of alkyl carbamates (subject to hydrolysis) is 1. The van der Waals surface area contributed by atoms with E-state index in [1.54, 1.807) is 37.3 Å². The van der Waals surface area contributed by atoms with E-state index in [0.29, 0.717) is 5.75 Å². The summed E-state index contributed by atoms with van der Waals surface area (Å²) in [6, 6.07) is 7.08. The number of carbonyl (C=O) groups is 3. The molecule has 2 rings (SSSR count). The molecule has 0 saturated carbocycles. The molecule has 1 aromatic rings. The highest BCUT2D eigenvalue weighted by atomic mass is 16.6. The van der Waals surface area contributed by atoms with Gasteiger partial charge in [-0.3, -0.25) is 0 Å². The molecule has 0 spiro atoms. The second-order valence-corrected chi connectivity index (χ2v) is 3.93. The molecule has 106 valence electrons. The number of esters is 2. The van der Waals surface area contributed by atoms with Gasteiger partial charge >= 0.3 is 18.0 Å². The summed E-state index contributed by atoms with van der Waals surface area (Å²) >= 11 is 0. The molecule has 1 aliphatic heterocycles. The van der Waals surface area contributed by atoms with Gasteiger partial charge < -0.3 is 19.5 Å². The van der Waals surface area contributed by atoms with Gasteiger partial charge in [-0.05, 0) is 19.1 Å². The standard InChI is InChI=1S/C13H13NO6/c1-2-18-11(15)9-10(20-13(17)14-9)12(16)19-8-6-4-3-5-7-8/h3-7,9-10H,2H2,1H3,(H,14,17)/t9-,10-/m1/s1. The van der Waals surface area contributed by atoms with Crippen molar-refractivity contribution in [1.29, 1.82) is 0 Å². The van der Waals surface area contributed by atoms with Gasteiger partial charge in [0.1, 0.15) is 5.75 Å². The van der Waals surface area contributed by atoms with Crippen molar-refractivity contribution < 1.29 is 28.6 Å². The molecule has 1 fully saturated rings.